The first-order chi connectivity index (χ1) is 11.4. The van der Waals surface area contributed by atoms with E-state index in [2.05, 4.69) is 4.98 Å². The van der Waals surface area contributed by atoms with Crippen molar-refractivity contribution in [3.05, 3.63) is 68.6 Å². The summed E-state index contributed by atoms with van der Waals surface area (Å²) in [6.45, 7) is 3.99. The quantitative estimate of drug-likeness (QED) is 0.540. The van der Waals surface area contributed by atoms with Gasteiger partial charge in [0.1, 0.15) is 0 Å². The lowest BCUT2D eigenvalue weighted by Gasteiger charge is -1.93. The van der Waals surface area contributed by atoms with E-state index in [1.165, 1.54) is 4.57 Å². The van der Waals surface area contributed by atoms with Crippen molar-refractivity contribution in [2.24, 2.45) is 14.1 Å². The van der Waals surface area contributed by atoms with Gasteiger partial charge in [-0.15, -0.1) is 0 Å². The number of aromatic amines is 1. The summed E-state index contributed by atoms with van der Waals surface area (Å²) in [5.74, 6) is -0.310. The summed E-state index contributed by atoms with van der Waals surface area (Å²) in [7, 11) is 3.46. The first kappa shape index (κ1) is 15.9. The van der Waals surface area contributed by atoms with E-state index < -0.39 is 0 Å². The Kier molecular flexibility index (Phi) is 3.89. The van der Waals surface area contributed by atoms with Crippen LogP contribution in [0.2, 0.25) is 0 Å². The molecule has 2 aromatic carbocycles. The lowest BCUT2D eigenvalue weighted by molar-refractivity contribution is 0.528. The molecule has 0 radical (unpaired) electrons. The fourth-order valence-corrected chi connectivity index (χ4v) is 2.59. The molecular weight excluding hydrogens is 306 g/mol. The van der Waals surface area contributed by atoms with Gasteiger partial charge in [0.2, 0.25) is 0 Å². The van der Waals surface area contributed by atoms with Gasteiger partial charge in [0.15, 0.2) is 5.58 Å². The van der Waals surface area contributed by atoms with Gasteiger partial charge in [-0.25, -0.2) is 9.59 Å². The number of fused-ring (bicyclic) bond motifs is 2. The number of hydrogen-bond acceptors (Lipinski definition) is 3. The third-order valence-electron chi connectivity index (χ3n) is 4.01. The molecule has 2 aromatic heterocycles. The number of aryl methyl sites for hydroxylation is 4. The van der Waals surface area contributed by atoms with E-state index in [0.29, 0.717) is 5.58 Å². The molecule has 24 heavy (non-hydrogen) atoms. The molecule has 0 spiro atoms. The highest BCUT2D eigenvalue weighted by Crippen LogP contribution is 2.13. The van der Waals surface area contributed by atoms with Crippen molar-refractivity contribution in [1.29, 1.82) is 0 Å². The number of H-pyrrole nitrogens is 1. The molecule has 0 aliphatic rings. The van der Waals surface area contributed by atoms with Crippen molar-refractivity contribution in [1.82, 2.24) is 14.1 Å². The Morgan fingerprint density at radius 2 is 1.58 bits per heavy atom. The molecule has 126 valence electrons. The Bertz CT molecular complexity index is 1150. The molecular formula is C18H21N3O3. The van der Waals surface area contributed by atoms with E-state index in [-0.39, 0.29) is 12.9 Å². The van der Waals surface area contributed by atoms with Crippen LogP contribution < -0.4 is 11.4 Å². The van der Waals surface area contributed by atoms with E-state index in [1.807, 2.05) is 50.2 Å². The van der Waals surface area contributed by atoms with E-state index in [9.17, 15) is 9.59 Å². The summed E-state index contributed by atoms with van der Waals surface area (Å²) >= 11 is 0. The largest absolute Gasteiger partial charge is 0.419 e. The lowest BCUT2D eigenvalue weighted by Crippen LogP contribution is -2.11. The smallest absolute Gasteiger partial charge is 0.408 e. The Morgan fingerprint density at radius 3 is 2.33 bits per heavy atom. The standard InChI is InChI=1S/C9H10N2O.C9H9NO2.H2/c1-6-3-4-8-7(5-6)10-9(12)11(8)2;1-6-3-4-8-7(5-6)10(2)9(11)12-8;/h3-5H,1-2H3,(H,10,12);3-5H,1-2H3;1H. The Balaban J connectivity index is 0.000000173. The number of nitrogens with one attached hydrogen (secondary N) is 1. The van der Waals surface area contributed by atoms with Crippen molar-refractivity contribution in [3.8, 4) is 0 Å². The topological polar surface area (TPSA) is 72.9 Å². The zero-order valence-corrected chi connectivity index (χ0v) is 14.1. The molecule has 0 aliphatic carbocycles. The molecule has 6 heteroatoms. The van der Waals surface area contributed by atoms with Crippen LogP contribution >= 0.6 is 0 Å². The predicted octanol–water partition coefficient (Wildman–Crippen LogP) is 2.86. The zero-order chi connectivity index (χ0) is 17.4. The third-order valence-corrected chi connectivity index (χ3v) is 4.01. The van der Waals surface area contributed by atoms with Crippen LogP contribution in [-0.4, -0.2) is 14.1 Å². The monoisotopic (exact) mass is 327 g/mol. The average molecular weight is 327 g/mol. The second kappa shape index (κ2) is 5.88. The van der Waals surface area contributed by atoms with E-state index in [0.717, 1.165) is 27.7 Å². The zero-order valence-electron chi connectivity index (χ0n) is 14.1. The van der Waals surface area contributed by atoms with Gasteiger partial charge in [0.05, 0.1) is 16.6 Å². The minimum Gasteiger partial charge on any atom is -0.408 e. The minimum atomic E-state index is -0.310. The lowest BCUT2D eigenvalue weighted by atomic mass is 10.2. The number of rotatable bonds is 0. The second-order valence-corrected chi connectivity index (χ2v) is 5.91. The number of hydrogen-bond donors (Lipinski definition) is 1. The molecule has 0 fully saturated rings. The van der Waals surface area contributed by atoms with Crippen LogP contribution in [0.25, 0.3) is 22.1 Å². The maximum atomic E-state index is 11.2. The van der Waals surface area contributed by atoms with Crippen molar-refractivity contribution < 1.29 is 5.84 Å². The summed E-state index contributed by atoms with van der Waals surface area (Å²) in [5, 5.41) is 0. The molecule has 0 saturated heterocycles. The first-order valence-electron chi connectivity index (χ1n) is 7.58. The normalized spacial score (nSPS) is 10.8. The fraction of sp³-hybridized carbons (Fsp3) is 0.222. The van der Waals surface area contributed by atoms with Gasteiger partial charge in [-0.3, -0.25) is 9.13 Å². The van der Waals surface area contributed by atoms with Crippen molar-refractivity contribution >= 4 is 22.1 Å². The molecule has 4 aromatic rings. The summed E-state index contributed by atoms with van der Waals surface area (Å²) in [6, 6.07) is 11.6. The van der Waals surface area contributed by atoms with Crippen molar-refractivity contribution in [2.45, 2.75) is 13.8 Å². The number of nitrogens with zero attached hydrogens (tertiary/aromatic N) is 2. The summed E-state index contributed by atoms with van der Waals surface area (Å²) < 4.78 is 8.07. The number of benzene rings is 2. The molecule has 0 bridgehead atoms. The average Bonchev–Trinajstić information content (AvgIpc) is 2.97. The fourth-order valence-electron chi connectivity index (χ4n) is 2.59. The maximum absolute atomic E-state index is 11.2. The summed E-state index contributed by atoms with van der Waals surface area (Å²) in [4.78, 5) is 25.0. The minimum absolute atomic E-state index is 0. The third kappa shape index (κ3) is 2.78. The Morgan fingerprint density at radius 1 is 0.917 bits per heavy atom. The highest BCUT2D eigenvalue weighted by atomic mass is 16.4. The second-order valence-electron chi connectivity index (χ2n) is 5.91. The van der Waals surface area contributed by atoms with E-state index in [4.69, 9.17) is 4.42 Å². The predicted molar refractivity (Wildman–Crippen MR) is 96.6 cm³/mol. The molecule has 0 unspecified atom stereocenters. The summed E-state index contributed by atoms with van der Waals surface area (Å²) in [6.07, 6.45) is 0. The van der Waals surface area contributed by atoms with E-state index in [1.54, 1.807) is 18.7 Å². The molecule has 6 nitrogen and oxygen atoms in total. The van der Waals surface area contributed by atoms with Gasteiger partial charge >= 0.3 is 11.4 Å². The molecule has 0 aliphatic heterocycles. The molecule has 1 N–H and O–H groups in total. The van der Waals surface area contributed by atoms with E-state index >= 15 is 0 Å². The Hall–Kier alpha value is -3.02. The van der Waals surface area contributed by atoms with Crippen molar-refractivity contribution in [2.75, 3.05) is 0 Å². The maximum Gasteiger partial charge on any atom is 0.419 e. The molecule has 0 saturated carbocycles. The van der Waals surface area contributed by atoms with Gasteiger partial charge in [-0.1, -0.05) is 12.1 Å². The highest BCUT2D eigenvalue weighted by Gasteiger charge is 2.04. The van der Waals surface area contributed by atoms with Gasteiger partial charge in [-0.05, 0) is 49.2 Å². The highest BCUT2D eigenvalue weighted by molar-refractivity contribution is 5.75. The molecule has 0 amide bonds. The summed E-state index contributed by atoms with van der Waals surface area (Å²) in [5.41, 5.74) is 5.57. The van der Waals surface area contributed by atoms with Crippen LogP contribution in [0.15, 0.2) is 50.4 Å². The van der Waals surface area contributed by atoms with Crippen LogP contribution in [0.4, 0.5) is 0 Å². The number of aromatic nitrogens is 3. The molecule has 0 atom stereocenters. The van der Waals surface area contributed by atoms with Crippen molar-refractivity contribution in [3.63, 3.8) is 0 Å². The van der Waals surface area contributed by atoms with Gasteiger partial charge in [0.25, 0.3) is 0 Å². The Labute approximate surface area is 139 Å². The van der Waals surface area contributed by atoms with Gasteiger partial charge < -0.3 is 9.40 Å². The molecule has 4 rings (SSSR count). The number of imidazole rings is 1. The SMILES string of the molecule is Cc1ccc2c(c1)[nH]c(=O)n2C.Cc1ccc2oc(=O)n(C)c2c1.[HH]. The molecule has 2 heterocycles. The van der Waals surface area contributed by atoms with Crippen LogP contribution in [0.5, 0.6) is 0 Å². The van der Waals surface area contributed by atoms with Gasteiger partial charge in [-0.2, -0.15) is 0 Å². The first-order valence-corrected chi connectivity index (χ1v) is 7.58. The van der Waals surface area contributed by atoms with Gasteiger partial charge in [0, 0.05) is 15.5 Å². The van der Waals surface area contributed by atoms with Crippen LogP contribution in [0.1, 0.15) is 12.6 Å². The number of oxazole rings is 1. The van der Waals surface area contributed by atoms with Crippen LogP contribution in [-0.2, 0) is 14.1 Å². The van der Waals surface area contributed by atoms with Crippen LogP contribution in [0, 0.1) is 13.8 Å². The van der Waals surface area contributed by atoms with Crippen LogP contribution in [0.3, 0.4) is 0 Å².